The number of amides is 1. The Morgan fingerprint density at radius 3 is 2.34 bits per heavy atom. The molecule has 7 nitrogen and oxygen atoms in total. The number of carbonyl (C=O) groups is 2. The molecule has 2 aliphatic heterocycles. The molecule has 1 saturated heterocycles. The monoisotopic (exact) mass is 470 g/mol. The van der Waals surface area contributed by atoms with Gasteiger partial charge in [0.25, 0.3) is 11.7 Å². The van der Waals surface area contributed by atoms with Crippen LogP contribution in [-0.4, -0.2) is 42.1 Å². The number of phenols is 1. The van der Waals surface area contributed by atoms with E-state index in [1.54, 1.807) is 30.3 Å². The average molecular weight is 471 g/mol. The molecule has 0 aliphatic carbocycles. The topological polar surface area (TPSA) is 90.3 Å². The molecule has 2 aliphatic rings. The van der Waals surface area contributed by atoms with E-state index < -0.39 is 17.7 Å². The standard InChI is InChI=1S/C28H26N2O5/c1-16-12-17(2)14-20(13-16)30-25(18-4-7-21(31)8-5-18)24(27(33)28(30)34)26(32)19-6-9-23-22(15-19)29(3)10-11-35-23/h4-9,12-15,25,31-32H,10-11H2,1-3H3/b26-24-. The number of rotatable bonds is 3. The normalized spacial score (nSPS) is 19.0. The van der Waals surface area contributed by atoms with Crippen molar-refractivity contribution >= 4 is 28.8 Å². The van der Waals surface area contributed by atoms with Crippen molar-refractivity contribution in [1.29, 1.82) is 0 Å². The number of aromatic hydroxyl groups is 1. The van der Waals surface area contributed by atoms with Crippen molar-refractivity contribution < 1.29 is 24.5 Å². The smallest absolute Gasteiger partial charge is 0.300 e. The number of aliphatic hydroxyl groups excluding tert-OH is 1. The van der Waals surface area contributed by atoms with Crippen LogP contribution >= 0.6 is 0 Å². The molecule has 0 bridgehead atoms. The zero-order valence-corrected chi connectivity index (χ0v) is 19.8. The first-order valence-corrected chi connectivity index (χ1v) is 11.4. The van der Waals surface area contributed by atoms with Gasteiger partial charge in [-0.05, 0) is 73.0 Å². The SMILES string of the molecule is Cc1cc(C)cc(N2C(=O)C(=O)/C(=C(\O)c3ccc4c(c3)N(C)CCO4)C2c2ccc(O)cc2)c1. The van der Waals surface area contributed by atoms with Gasteiger partial charge < -0.3 is 19.8 Å². The predicted octanol–water partition coefficient (Wildman–Crippen LogP) is 4.46. The first-order valence-electron chi connectivity index (χ1n) is 11.4. The Balaban J connectivity index is 1.71. The molecule has 1 atom stereocenters. The van der Waals surface area contributed by atoms with Crippen LogP contribution < -0.4 is 14.5 Å². The number of aliphatic hydroxyl groups is 1. The van der Waals surface area contributed by atoms with Gasteiger partial charge in [-0.2, -0.15) is 0 Å². The molecular formula is C28H26N2O5. The second kappa shape index (κ2) is 8.51. The Morgan fingerprint density at radius 2 is 1.66 bits per heavy atom. The summed E-state index contributed by atoms with van der Waals surface area (Å²) in [6.45, 7) is 5.11. The van der Waals surface area contributed by atoms with Crippen LogP contribution in [0.25, 0.3) is 5.76 Å². The van der Waals surface area contributed by atoms with E-state index in [9.17, 15) is 19.8 Å². The van der Waals surface area contributed by atoms with Gasteiger partial charge in [0.1, 0.15) is 23.9 Å². The summed E-state index contributed by atoms with van der Waals surface area (Å²) in [5.41, 5.74) is 4.28. The number of ether oxygens (including phenoxy) is 1. The minimum Gasteiger partial charge on any atom is -0.508 e. The van der Waals surface area contributed by atoms with E-state index in [0.29, 0.717) is 35.7 Å². The summed E-state index contributed by atoms with van der Waals surface area (Å²) < 4.78 is 5.70. The second-order valence-corrected chi connectivity index (χ2v) is 9.06. The maximum absolute atomic E-state index is 13.4. The number of ketones is 1. The summed E-state index contributed by atoms with van der Waals surface area (Å²) in [4.78, 5) is 30.2. The Hall–Kier alpha value is -4.26. The zero-order valence-electron chi connectivity index (χ0n) is 19.8. The molecule has 0 radical (unpaired) electrons. The lowest BCUT2D eigenvalue weighted by Crippen LogP contribution is -2.29. The molecule has 7 heteroatoms. The van der Waals surface area contributed by atoms with Crippen LogP contribution in [0.5, 0.6) is 11.5 Å². The third-order valence-corrected chi connectivity index (χ3v) is 6.47. The average Bonchev–Trinajstić information content (AvgIpc) is 3.09. The quantitative estimate of drug-likeness (QED) is 0.334. The highest BCUT2D eigenvalue weighted by molar-refractivity contribution is 6.51. The van der Waals surface area contributed by atoms with Crippen molar-refractivity contribution in [2.24, 2.45) is 0 Å². The molecule has 1 fully saturated rings. The fourth-order valence-electron chi connectivity index (χ4n) is 4.81. The van der Waals surface area contributed by atoms with Gasteiger partial charge in [0.15, 0.2) is 0 Å². The molecule has 0 saturated carbocycles. The number of hydrogen-bond acceptors (Lipinski definition) is 6. The molecule has 1 unspecified atom stereocenters. The van der Waals surface area contributed by atoms with E-state index in [2.05, 4.69) is 0 Å². The number of phenolic OH excluding ortho intramolecular Hbond substituents is 1. The highest BCUT2D eigenvalue weighted by atomic mass is 16.5. The van der Waals surface area contributed by atoms with Crippen LogP contribution in [0, 0.1) is 13.8 Å². The van der Waals surface area contributed by atoms with Crippen LogP contribution in [0.4, 0.5) is 11.4 Å². The fraction of sp³-hybridized carbons (Fsp3) is 0.214. The Labute approximate surface area is 203 Å². The van der Waals surface area contributed by atoms with Crippen LogP contribution in [0.15, 0.2) is 66.2 Å². The third kappa shape index (κ3) is 3.89. The van der Waals surface area contributed by atoms with E-state index in [4.69, 9.17) is 4.74 Å². The molecule has 3 aromatic rings. The Kier molecular flexibility index (Phi) is 5.47. The summed E-state index contributed by atoms with van der Waals surface area (Å²) >= 11 is 0. The van der Waals surface area contributed by atoms with Crippen molar-refractivity contribution in [3.63, 3.8) is 0 Å². The molecule has 178 valence electrons. The molecular weight excluding hydrogens is 444 g/mol. The van der Waals surface area contributed by atoms with E-state index in [-0.39, 0.29) is 17.1 Å². The van der Waals surface area contributed by atoms with Gasteiger partial charge in [-0.1, -0.05) is 18.2 Å². The van der Waals surface area contributed by atoms with Crippen LogP contribution in [0.3, 0.4) is 0 Å². The predicted molar refractivity (Wildman–Crippen MR) is 134 cm³/mol. The minimum atomic E-state index is -0.859. The van der Waals surface area contributed by atoms with Crippen LogP contribution in [0.1, 0.15) is 28.3 Å². The maximum Gasteiger partial charge on any atom is 0.300 e. The number of aryl methyl sites for hydroxylation is 2. The summed E-state index contributed by atoms with van der Waals surface area (Å²) in [6, 6.07) is 16.3. The van der Waals surface area contributed by atoms with Gasteiger partial charge in [0.2, 0.25) is 0 Å². The van der Waals surface area contributed by atoms with Crippen molar-refractivity contribution in [3.05, 3.63) is 88.5 Å². The lowest BCUT2D eigenvalue weighted by molar-refractivity contribution is -0.132. The molecule has 3 aromatic carbocycles. The largest absolute Gasteiger partial charge is 0.508 e. The lowest BCUT2D eigenvalue weighted by atomic mass is 9.94. The van der Waals surface area contributed by atoms with Crippen molar-refractivity contribution in [3.8, 4) is 11.5 Å². The maximum atomic E-state index is 13.4. The van der Waals surface area contributed by atoms with Crippen LogP contribution in [0.2, 0.25) is 0 Å². The first kappa shape index (κ1) is 22.5. The Morgan fingerprint density at radius 1 is 0.971 bits per heavy atom. The lowest BCUT2D eigenvalue weighted by Gasteiger charge is -2.28. The van der Waals surface area contributed by atoms with Gasteiger partial charge in [0, 0.05) is 18.3 Å². The summed E-state index contributed by atoms with van der Waals surface area (Å²) in [5, 5.41) is 21.3. The van der Waals surface area contributed by atoms with Crippen molar-refractivity contribution in [1.82, 2.24) is 0 Å². The molecule has 5 rings (SSSR count). The van der Waals surface area contributed by atoms with Gasteiger partial charge in [-0.25, -0.2) is 0 Å². The summed E-state index contributed by atoms with van der Waals surface area (Å²) in [5.74, 6) is -0.971. The molecule has 0 aromatic heterocycles. The number of Topliss-reactive ketones (excluding diaryl/α,β-unsaturated/α-hetero) is 1. The molecule has 2 N–H and O–H groups in total. The number of nitrogens with zero attached hydrogens (tertiary/aromatic N) is 2. The van der Waals surface area contributed by atoms with Crippen molar-refractivity contribution in [2.45, 2.75) is 19.9 Å². The molecule has 35 heavy (non-hydrogen) atoms. The van der Waals surface area contributed by atoms with Gasteiger partial charge >= 0.3 is 0 Å². The number of likely N-dealkylation sites (N-methyl/N-ethyl adjacent to an activating group) is 1. The van der Waals surface area contributed by atoms with Crippen molar-refractivity contribution in [2.75, 3.05) is 30.0 Å². The summed E-state index contributed by atoms with van der Waals surface area (Å²) in [6.07, 6.45) is 0. The van der Waals surface area contributed by atoms with Gasteiger partial charge in [-0.15, -0.1) is 0 Å². The highest BCUT2D eigenvalue weighted by Crippen LogP contribution is 2.43. The van der Waals surface area contributed by atoms with E-state index in [1.165, 1.54) is 17.0 Å². The van der Waals surface area contributed by atoms with Crippen LogP contribution in [-0.2, 0) is 9.59 Å². The number of benzene rings is 3. The number of anilines is 2. The Bertz CT molecular complexity index is 1360. The van der Waals surface area contributed by atoms with Gasteiger partial charge in [-0.3, -0.25) is 14.5 Å². The van der Waals surface area contributed by atoms with E-state index in [1.807, 2.05) is 44.0 Å². The highest BCUT2D eigenvalue weighted by Gasteiger charge is 2.47. The number of carbonyl (C=O) groups excluding carboxylic acids is 2. The zero-order chi connectivity index (χ0) is 24.9. The third-order valence-electron chi connectivity index (χ3n) is 6.47. The van der Waals surface area contributed by atoms with Gasteiger partial charge in [0.05, 0.1) is 23.8 Å². The molecule has 2 heterocycles. The minimum absolute atomic E-state index is 0.000759. The molecule has 1 amide bonds. The van der Waals surface area contributed by atoms with E-state index in [0.717, 1.165) is 16.8 Å². The van der Waals surface area contributed by atoms with E-state index >= 15 is 0 Å². The molecule has 0 spiro atoms. The fourth-order valence-corrected chi connectivity index (χ4v) is 4.81. The number of fused-ring (bicyclic) bond motifs is 1. The second-order valence-electron chi connectivity index (χ2n) is 9.06. The first-order chi connectivity index (χ1) is 16.7. The summed E-state index contributed by atoms with van der Waals surface area (Å²) in [7, 11) is 1.93. The number of hydrogen-bond donors (Lipinski definition) is 2.